The largest absolute Gasteiger partial charge is 0.352 e. The topological polar surface area (TPSA) is 46.9 Å². The predicted octanol–water partition coefficient (Wildman–Crippen LogP) is 5.65. The van der Waals surface area contributed by atoms with Gasteiger partial charge in [0.05, 0.1) is 17.6 Å². The number of rotatable bonds is 7. The number of carbonyl (C=O) groups excluding carboxylic acids is 1. The van der Waals surface area contributed by atoms with Gasteiger partial charge in [0.25, 0.3) is 0 Å². The molecule has 2 atom stereocenters. The van der Waals surface area contributed by atoms with Crippen LogP contribution in [0.4, 0.5) is 0 Å². The third-order valence-corrected chi connectivity index (χ3v) is 6.54. The zero-order chi connectivity index (χ0) is 20.1. The summed E-state index contributed by atoms with van der Waals surface area (Å²) in [6, 6.07) is 8.15. The highest BCUT2D eigenvalue weighted by Gasteiger charge is 2.23. The van der Waals surface area contributed by atoms with Crippen molar-refractivity contribution in [2.24, 2.45) is 11.8 Å². The van der Waals surface area contributed by atoms with E-state index < -0.39 is 0 Å². The van der Waals surface area contributed by atoms with Gasteiger partial charge in [-0.1, -0.05) is 69.1 Å². The Morgan fingerprint density at radius 2 is 2.00 bits per heavy atom. The van der Waals surface area contributed by atoms with Crippen molar-refractivity contribution in [2.75, 3.05) is 5.75 Å². The fourth-order valence-electron chi connectivity index (χ4n) is 3.78. The Kier molecular flexibility index (Phi) is 7.47. The van der Waals surface area contributed by atoms with Crippen LogP contribution in [0.5, 0.6) is 0 Å². The van der Waals surface area contributed by atoms with Crippen molar-refractivity contribution >= 4 is 29.3 Å². The van der Waals surface area contributed by atoms with Gasteiger partial charge in [-0.25, -0.2) is 4.98 Å². The molecule has 1 aromatic carbocycles. The standard InChI is InChI=1S/C22H30ClN3OS/c1-15(2)13-26-20(17-8-10-18(23)11-9-17)12-24-22(26)28-14-21(27)25-19-7-5-4-6-16(19)3/h8-12,15-16,19H,4-7,13-14H2,1-3H3,(H,25,27)/t16-,19-/m1/s1. The van der Waals surface area contributed by atoms with Crippen molar-refractivity contribution in [2.45, 2.75) is 64.2 Å². The summed E-state index contributed by atoms with van der Waals surface area (Å²) in [4.78, 5) is 17.1. The van der Waals surface area contributed by atoms with E-state index in [1.54, 1.807) is 0 Å². The molecular weight excluding hydrogens is 390 g/mol. The van der Waals surface area contributed by atoms with E-state index in [9.17, 15) is 4.79 Å². The van der Waals surface area contributed by atoms with E-state index in [1.165, 1.54) is 31.0 Å². The molecule has 152 valence electrons. The van der Waals surface area contributed by atoms with Gasteiger partial charge in [0.2, 0.25) is 5.91 Å². The molecule has 28 heavy (non-hydrogen) atoms. The number of benzene rings is 1. The Bertz CT molecular complexity index is 788. The van der Waals surface area contributed by atoms with Gasteiger partial charge in [0.1, 0.15) is 0 Å². The summed E-state index contributed by atoms with van der Waals surface area (Å²) in [5.41, 5.74) is 2.15. The summed E-state index contributed by atoms with van der Waals surface area (Å²) in [6.45, 7) is 7.49. The Morgan fingerprint density at radius 1 is 1.29 bits per heavy atom. The molecule has 3 rings (SSSR count). The maximum absolute atomic E-state index is 12.5. The number of aromatic nitrogens is 2. The molecule has 0 spiro atoms. The molecule has 1 aliphatic carbocycles. The Balaban J connectivity index is 1.69. The van der Waals surface area contributed by atoms with Gasteiger partial charge in [-0.3, -0.25) is 4.79 Å². The molecule has 2 aromatic rings. The molecule has 0 radical (unpaired) electrons. The van der Waals surface area contributed by atoms with Crippen molar-refractivity contribution in [3.63, 3.8) is 0 Å². The first kappa shape index (κ1) is 21.3. The lowest BCUT2D eigenvalue weighted by Gasteiger charge is -2.29. The number of amides is 1. The van der Waals surface area contributed by atoms with Crippen molar-refractivity contribution in [1.82, 2.24) is 14.9 Å². The average molecular weight is 420 g/mol. The number of nitrogens with one attached hydrogen (secondary N) is 1. The number of nitrogens with zero attached hydrogens (tertiary/aromatic N) is 2. The second kappa shape index (κ2) is 9.84. The molecule has 1 heterocycles. The molecule has 1 amide bonds. The van der Waals surface area contributed by atoms with Gasteiger partial charge in [-0.05, 0) is 42.4 Å². The molecule has 0 aliphatic heterocycles. The number of halogens is 1. The minimum Gasteiger partial charge on any atom is -0.352 e. The SMILES string of the molecule is CC(C)Cn1c(-c2ccc(Cl)cc2)cnc1SCC(=O)N[C@@H]1CCCC[C@H]1C. The molecule has 0 saturated heterocycles. The van der Waals surface area contributed by atoms with Crippen molar-refractivity contribution in [1.29, 1.82) is 0 Å². The van der Waals surface area contributed by atoms with E-state index in [2.05, 4.69) is 35.6 Å². The van der Waals surface area contributed by atoms with Gasteiger partial charge < -0.3 is 9.88 Å². The lowest BCUT2D eigenvalue weighted by molar-refractivity contribution is -0.119. The third-order valence-electron chi connectivity index (χ3n) is 5.30. The Labute approximate surface area is 177 Å². The number of carbonyl (C=O) groups is 1. The highest BCUT2D eigenvalue weighted by Crippen LogP contribution is 2.28. The molecule has 6 heteroatoms. The monoisotopic (exact) mass is 419 g/mol. The van der Waals surface area contributed by atoms with E-state index in [4.69, 9.17) is 11.6 Å². The zero-order valence-corrected chi connectivity index (χ0v) is 18.5. The summed E-state index contributed by atoms with van der Waals surface area (Å²) in [6.07, 6.45) is 6.70. The Morgan fingerprint density at radius 3 is 2.68 bits per heavy atom. The summed E-state index contributed by atoms with van der Waals surface area (Å²) in [5, 5.41) is 4.85. The van der Waals surface area contributed by atoms with E-state index in [0.717, 1.165) is 34.4 Å². The number of hydrogen-bond donors (Lipinski definition) is 1. The van der Waals surface area contributed by atoms with Gasteiger partial charge in [0.15, 0.2) is 5.16 Å². The van der Waals surface area contributed by atoms with Gasteiger partial charge in [-0.15, -0.1) is 0 Å². The molecule has 0 unspecified atom stereocenters. The van der Waals surface area contributed by atoms with E-state index in [0.29, 0.717) is 23.6 Å². The first-order valence-electron chi connectivity index (χ1n) is 10.2. The van der Waals surface area contributed by atoms with Crippen LogP contribution < -0.4 is 5.32 Å². The number of imidazole rings is 1. The maximum atomic E-state index is 12.5. The summed E-state index contributed by atoms with van der Waals surface area (Å²) in [5.74, 6) is 1.56. The predicted molar refractivity (Wildman–Crippen MR) is 118 cm³/mol. The summed E-state index contributed by atoms with van der Waals surface area (Å²) in [7, 11) is 0. The van der Waals surface area contributed by atoms with Crippen molar-refractivity contribution in [3.05, 3.63) is 35.5 Å². The second-order valence-corrected chi connectivity index (χ2v) is 9.54. The van der Waals surface area contributed by atoms with Crippen molar-refractivity contribution < 1.29 is 4.79 Å². The quantitative estimate of drug-likeness (QED) is 0.590. The highest BCUT2D eigenvalue weighted by atomic mass is 35.5. The van der Waals surface area contributed by atoms with Crippen LogP contribution in [0.2, 0.25) is 5.02 Å². The highest BCUT2D eigenvalue weighted by molar-refractivity contribution is 7.99. The Hall–Kier alpha value is -1.46. The lowest BCUT2D eigenvalue weighted by atomic mass is 9.86. The van der Waals surface area contributed by atoms with Crippen LogP contribution in [0.3, 0.4) is 0 Å². The van der Waals surface area contributed by atoms with E-state index in [-0.39, 0.29) is 5.91 Å². The average Bonchev–Trinajstić information content (AvgIpc) is 3.04. The van der Waals surface area contributed by atoms with Crippen LogP contribution >= 0.6 is 23.4 Å². The lowest BCUT2D eigenvalue weighted by Crippen LogP contribution is -2.41. The van der Waals surface area contributed by atoms with Crippen LogP contribution in [0.25, 0.3) is 11.3 Å². The maximum Gasteiger partial charge on any atom is 0.230 e. The summed E-state index contributed by atoms with van der Waals surface area (Å²) < 4.78 is 2.22. The first-order valence-corrected chi connectivity index (χ1v) is 11.5. The minimum absolute atomic E-state index is 0.107. The molecular formula is C22H30ClN3OS. The first-order chi connectivity index (χ1) is 13.4. The van der Waals surface area contributed by atoms with Crippen LogP contribution in [0.15, 0.2) is 35.6 Å². The summed E-state index contributed by atoms with van der Waals surface area (Å²) >= 11 is 7.55. The van der Waals surface area contributed by atoms with Gasteiger partial charge in [-0.2, -0.15) is 0 Å². The van der Waals surface area contributed by atoms with Crippen LogP contribution in [0, 0.1) is 11.8 Å². The number of thioether (sulfide) groups is 1. The number of hydrogen-bond acceptors (Lipinski definition) is 3. The molecule has 1 aromatic heterocycles. The third kappa shape index (κ3) is 5.54. The zero-order valence-electron chi connectivity index (χ0n) is 17.0. The van der Waals surface area contributed by atoms with Crippen LogP contribution in [0.1, 0.15) is 46.5 Å². The van der Waals surface area contributed by atoms with Gasteiger partial charge >= 0.3 is 0 Å². The fraction of sp³-hybridized carbons (Fsp3) is 0.545. The van der Waals surface area contributed by atoms with Crippen LogP contribution in [-0.4, -0.2) is 27.3 Å². The molecule has 1 aliphatic rings. The molecule has 1 saturated carbocycles. The van der Waals surface area contributed by atoms with Crippen LogP contribution in [-0.2, 0) is 11.3 Å². The van der Waals surface area contributed by atoms with E-state index >= 15 is 0 Å². The van der Waals surface area contributed by atoms with Crippen molar-refractivity contribution in [3.8, 4) is 11.3 Å². The molecule has 1 N–H and O–H groups in total. The smallest absolute Gasteiger partial charge is 0.230 e. The van der Waals surface area contributed by atoms with Gasteiger partial charge in [0, 0.05) is 17.6 Å². The van der Waals surface area contributed by atoms with E-state index in [1.807, 2.05) is 30.5 Å². The second-order valence-electron chi connectivity index (χ2n) is 8.16. The molecule has 4 nitrogen and oxygen atoms in total. The molecule has 1 fully saturated rings. The molecule has 0 bridgehead atoms. The normalized spacial score (nSPS) is 19.8. The minimum atomic E-state index is 0.107. The fourth-order valence-corrected chi connectivity index (χ4v) is 4.70.